The van der Waals surface area contributed by atoms with Crippen molar-refractivity contribution in [2.75, 3.05) is 0 Å². The SMILES string of the molecule is CCC(=O)NCc1c(C(=O)O)[nH]c2ccc(C)cc12. The summed E-state index contributed by atoms with van der Waals surface area (Å²) in [5, 5.41) is 12.8. The first-order valence-electron chi connectivity index (χ1n) is 6.14. The molecule has 5 heteroatoms. The number of aromatic carboxylic acids is 1. The number of benzene rings is 1. The molecule has 19 heavy (non-hydrogen) atoms. The highest BCUT2D eigenvalue weighted by Crippen LogP contribution is 2.23. The van der Waals surface area contributed by atoms with Gasteiger partial charge in [0.1, 0.15) is 5.69 Å². The van der Waals surface area contributed by atoms with E-state index in [2.05, 4.69) is 10.3 Å². The van der Waals surface area contributed by atoms with Crippen molar-refractivity contribution in [3.05, 3.63) is 35.0 Å². The summed E-state index contributed by atoms with van der Waals surface area (Å²) in [5.74, 6) is -1.12. The molecule has 5 nitrogen and oxygen atoms in total. The van der Waals surface area contributed by atoms with E-state index in [4.69, 9.17) is 0 Å². The van der Waals surface area contributed by atoms with Crippen molar-refractivity contribution in [3.8, 4) is 0 Å². The molecule has 2 rings (SSSR count). The topological polar surface area (TPSA) is 82.2 Å². The third kappa shape index (κ3) is 2.59. The maximum Gasteiger partial charge on any atom is 0.352 e. The predicted octanol–water partition coefficient (Wildman–Crippen LogP) is 2.20. The van der Waals surface area contributed by atoms with Crippen LogP contribution in [-0.2, 0) is 11.3 Å². The van der Waals surface area contributed by atoms with Crippen LogP contribution in [0, 0.1) is 6.92 Å². The van der Waals surface area contributed by atoms with Crippen LogP contribution in [0.1, 0.15) is 35.0 Å². The van der Waals surface area contributed by atoms with Gasteiger partial charge in [-0.2, -0.15) is 0 Å². The van der Waals surface area contributed by atoms with Gasteiger partial charge in [-0.05, 0) is 19.1 Å². The van der Waals surface area contributed by atoms with Gasteiger partial charge in [-0.1, -0.05) is 18.6 Å². The molecule has 0 radical (unpaired) electrons. The van der Waals surface area contributed by atoms with E-state index in [1.165, 1.54) is 0 Å². The van der Waals surface area contributed by atoms with Gasteiger partial charge in [-0.3, -0.25) is 4.79 Å². The molecule has 0 aliphatic heterocycles. The standard InChI is InChI=1S/C14H16N2O3/c1-3-12(17)15-7-10-9-6-8(2)4-5-11(9)16-13(10)14(18)19/h4-6,16H,3,7H2,1-2H3,(H,15,17)(H,18,19). The summed E-state index contributed by atoms with van der Waals surface area (Å²) in [4.78, 5) is 25.5. The number of hydrogen-bond donors (Lipinski definition) is 3. The second kappa shape index (κ2) is 5.14. The molecule has 1 aromatic carbocycles. The molecule has 1 aromatic heterocycles. The lowest BCUT2D eigenvalue weighted by atomic mass is 10.1. The van der Waals surface area contributed by atoms with Crippen molar-refractivity contribution in [1.82, 2.24) is 10.3 Å². The smallest absolute Gasteiger partial charge is 0.352 e. The van der Waals surface area contributed by atoms with Crippen molar-refractivity contribution >= 4 is 22.8 Å². The summed E-state index contributed by atoms with van der Waals surface area (Å²) >= 11 is 0. The minimum Gasteiger partial charge on any atom is -0.477 e. The highest BCUT2D eigenvalue weighted by molar-refractivity contribution is 5.97. The number of amides is 1. The molecule has 0 aliphatic carbocycles. The first-order valence-corrected chi connectivity index (χ1v) is 6.14. The van der Waals surface area contributed by atoms with Crippen molar-refractivity contribution in [3.63, 3.8) is 0 Å². The number of aromatic amines is 1. The summed E-state index contributed by atoms with van der Waals surface area (Å²) in [6, 6.07) is 5.69. The van der Waals surface area contributed by atoms with Crippen LogP contribution in [0.3, 0.4) is 0 Å². The molecule has 0 bridgehead atoms. The van der Waals surface area contributed by atoms with E-state index in [9.17, 15) is 14.7 Å². The van der Waals surface area contributed by atoms with Gasteiger partial charge in [0.2, 0.25) is 5.91 Å². The molecule has 0 saturated heterocycles. The maximum atomic E-state index is 11.3. The van der Waals surface area contributed by atoms with Crippen LogP contribution < -0.4 is 5.32 Å². The number of hydrogen-bond acceptors (Lipinski definition) is 2. The summed E-state index contributed by atoms with van der Waals surface area (Å²) in [6.45, 7) is 3.92. The second-order valence-electron chi connectivity index (χ2n) is 4.46. The summed E-state index contributed by atoms with van der Waals surface area (Å²) in [6.07, 6.45) is 0.379. The third-order valence-electron chi connectivity index (χ3n) is 3.06. The summed E-state index contributed by atoms with van der Waals surface area (Å²) < 4.78 is 0. The predicted molar refractivity (Wildman–Crippen MR) is 72.1 cm³/mol. The monoisotopic (exact) mass is 260 g/mol. The Kier molecular flexibility index (Phi) is 3.55. The number of carbonyl (C=O) groups is 2. The molecular weight excluding hydrogens is 244 g/mol. The van der Waals surface area contributed by atoms with Crippen LogP contribution in [0.4, 0.5) is 0 Å². The number of aromatic nitrogens is 1. The van der Waals surface area contributed by atoms with E-state index in [1.807, 2.05) is 25.1 Å². The van der Waals surface area contributed by atoms with Crippen LogP contribution in [-0.4, -0.2) is 22.0 Å². The fourth-order valence-electron chi connectivity index (χ4n) is 2.04. The number of H-pyrrole nitrogens is 1. The van der Waals surface area contributed by atoms with E-state index in [1.54, 1.807) is 6.92 Å². The van der Waals surface area contributed by atoms with E-state index in [-0.39, 0.29) is 18.1 Å². The number of fused-ring (bicyclic) bond motifs is 1. The first-order chi connectivity index (χ1) is 9.02. The summed E-state index contributed by atoms with van der Waals surface area (Å²) in [7, 11) is 0. The Hall–Kier alpha value is -2.30. The van der Waals surface area contributed by atoms with Crippen LogP contribution in [0.25, 0.3) is 10.9 Å². The molecule has 0 aliphatic rings. The number of carbonyl (C=O) groups excluding carboxylic acids is 1. The van der Waals surface area contributed by atoms with Crippen molar-refractivity contribution < 1.29 is 14.7 Å². The van der Waals surface area contributed by atoms with Gasteiger partial charge < -0.3 is 15.4 Å². The van der Waals surface area contributed by atoms with Gasteiger partial charge in [0.05, 0.1) is 0 Å². The average Bonchev–Trinajstić information content (AvgIpc) is 2.74. The molecule has 1 heterocycles. The van der Waals surface area contributed by atoms with Crippen molar-refractivity contribution in [2.45, 2.75) is 26.8 Å². The molecule has 0 atom stereocenters. The molecule has 0 saturated carbocycles. The third-order valence-corrected chi connectivity index (χ3v) is 3.06. The first kappa shape index (κ1) is 13.1. The summed E-state index contributed by atoms with van der Waals surface area (Å²) in [5.41, 5.74) is 2.57. The Labute approximate surface area is 110 Å². The Balaban J connectivity index is 2.48. The highest BCUT2D eigenvalue weighted by Gasteiger charge is 2.17. The Morgan fingerprint density at radius 2 is 2.11 bits per heavy atom. The quantitative estimate of drug-likeness (QED) is 0.788. The van der Waals surface area contributed by atoms with E-state index in [0.717, 1.165) is 16.5 Å². The molecule has 1 amide bonds. The van der Waals surface area contributed by atoms with Crippen LogP contribution in [0.2, 0.25) is 0 Å². The van der Waals surface area contributed by atoms with Gasteiger partial charge in [0.25, 0.3) is 0 Å². The molecule has 100 valence electrons. The zero-order chi connectivity index (χ0) is 14.0. The van der Waals surface area contributed by atoms with Crippen LogP contribution >= 0.6 is 0 Å². The second-order valence-corrected chi connectivity index (χ2v) is 4.46. The highest BCUT2D eigenvalue weighted by atomic mass is 16.4. The van der Waals surface area contributed by atoms with E-state index in [0.29, 0.717) is 12.0 Å². The average molecular weight is 260 g/mol. The molecule has 0 fully saturated rings. The largest absolute Gasteiger partial charge is 0.477 e. The van der Waals surface area contributed by atoms with Gasteiger partial charge in [0.15, 0.2) is 0 Å². The number of nitrogens with one attached hydrogen (secondary N) is 2. The fourth-order valence-corrected chi connectivity index (χ4v) is 2.04. The van der Waals surface area contributed by atoms with Crippen LogP contribution in [0.15, 0.2) is 18.2 Å². The lowest BCUT2D eigenvalue weighted by molar-refractivity contribution is -0.120. The molecular formula is C14H16N2O3. The Morgan fingerprint density at radius 1 is 1.37 bits per heavy atom. The van der Waals surface area contributed by atoms with Gasteiger partial charge in [-0.15, -0.1) is 0 Å². The number of carboxylic acids is 1. The lowest BCUT2D eigenvalue weighted by Crippen LogP contribution is -2.22. The zero-order valence-electron chi connectivity index (χ0n) is 10.9. The van der Waals surface area contributed by atoms with Crippen molar-refractivity contribution in [1.29, 1.82) is 0 Å². The normalized spacial score (nSPS) is 10.6. The van der Waals surface area contributed by atoms with E-state index >= 15 is 0 Å². The van der Waals surface area contributed by atoms with Gasteiger partial charge in [-0.25, -0.2) is 4.79 Å². The van der Waals surface area contributed by atoms with Gasteiger partial charge in [0, 0.05) is 29.4 Å². The molecule has 3 N–H and O–H groups in total. The van der Waals surface area contributed by atoms with Gasteiger partial charge >= 0.3 is 5.97 Å². The van der Waals surface area contributed by atoms with E-state index < -0.39 is 5.97 Å². The molecule has 0 unspecified atom stereocenters. The zero-order valence-corrected chi connectivity index (χ0v) is 10.9. The number of rotatable bonds is 4. The molecule has 0 spiro atoms. The maximum absolute atomic E-state index is 11.3. The van der Waals surface area contributed by atoms with Crippen molar-refractivity contribution in [2.24, 2.45) is 0 Å². The minimum absolute atomic E-state index is 0.0988. The molecule has 2 aromatic rings. The Morgan fingerprint density at radius 3 is 2.74 bits per heavy atom. The van der Waals surface area contributed by atoms with Crippen LogP contribution in [0.5, 0.6) is 0 Å². The number of carboxylic acid groups (broad SMARTS) is 1. The fraction of sp³-hybridized carbons (Fsp3) is 0.286. The number of aryl methyl sites for hydroxylation is 1. The minimum atomic E-state index is -1.02. The lowest BCUT2D eigenvalue weighted by Gasteiger charge is -2.04. The Bertz CT molecular complexity index is 643.